The fraction of sp³-hybridized carbons (Fsp3) is 0.556. The Morgan fingerprint density at radius 2 is 1.71 bits per heavy atom. The van der Waals surface area contributed by atoms with E-state index in [1.807, 2.05) is 0 Å². The summed E-state index contributed by atoms with van der Waals surface area (Å²) in [5.41, 5.74) is -0.622. The molecule has 0 aromatic heterocycles. The third-order valence-electron chi connectivity index (χ3n) is 5.09. The van der Waals surface area contributed by atoms with E-state index in [1.165, 1.54) is 24.3 Å². The zero-order valence-corrected chi connectivity index (χ0v) is 13.6. The fourth-order valence-corrected chi connectivity index (χ4v) is 3.59. The number of anilines is 1. The second-order valence-corrected chi connectivity index (χ2v) is 6.80. The van der Waals surface area contributed by atoms with Gasteiger partial charge in [0.2, 0.25) is 5.91 Å². The highest BCUT2D eigenvalue weighted by Gasteiger charge is 2.42. The molecule has 0 atom stereocenters. The Bertz CT molecular complexity index is 603. The van der Waals surface area contributed by atoms with Crippen molar-refractivity contribution < 1.29 is 19.1 Å². The fourth-order valence-electron chi connectivity index (χ4n) is 3.59. The lowest BCUT2D eigenvalue weighted by Crippen LogP contribution is -2.51. The Kier molecular flexibility index (Phi) is 4.85. The first-order valence-corrected chi connectivity index (χ1v) is 8.56. The predicted octanol–water partition coefficient (Wildman–Crippen LogP) is 2.31. The number of benzene rings is 1. The monoisotopic (exact) mass is 334 g/mol. The molecular formula is C18H23FN2O3. The number of rotatable bonds is 3. The number of piperidine rings is 1. The van der Waals surface area contributed by atoms with Crippen molar-refractivity contribution >= 4 is 17.5 Å². The van der Waals surface area contributed by atoms with Gasteiger partial charge in [-0.2, -0.15) is 0 Å². The van der Waals surface area contributed by atoms with Crippen LogP contribution in [0.1, 0.15) is 38.5 Å². The summed E-state index contributed by atoms with van der Waals surface area (Å²) < 4.78 is 12.9. The normalized spacial score (nSPS) is 20.8. The first kappa shape index (κ1) is 16.9. The maximum absolute atomic E-state index is 12.9. The molecule has 3 rings (SSSR count). The van der Waals surface area contributed by atoms with Crippen LogP contribution in [-0.2, 0) is 9.59 Å². The summed E-state index contributed by atoms with van der Waals surface area (Å²) in [6.07, 6.45) is 4.01. The topological polar surface area (TPSA) is 69.6 Å². The van der Waals surface area contributed by atoms with Gasteiger partial charge in [0.15, 0.2) is 0 Å². The number of nitrogens with one attached hydrogen (secondary N) is 1. The van der Waals surface area contributed by atoms with E-state index in [9.17, 15) is 19.1 Å². The average molecular weight is 334 g/mol. The molecule has 1 heterocycles. The van der Waals surface area contributed by atoms with Crippen LogP contribution >= 0.6 is 0 Å². The molecular weight excluding hydrogens is 311 g/mol. The number of halogens is 1. The molecule has 2 fully saturated rings. The van der Waals surface area contributed by atoms with Crippen LogP contribution < -0.4 is 5.32 Å². The highest BCUT2D eigenvalue weighted by atomic mass is 19.1. The molecule has 1 saturated carbocycles. The van der Waals surface area contributed by atoms with Crippen LogP contribution in [0, 0.1) is 11.7 Å². The second-order valence-electron chi connectivity index (χ2n) is 6.80. The van der Waals surface area contributed by atoms with Gasteiger partial charge in [-0.15, -0.1) is 0 Å². The number of nitrogens with zero attached hydrogens (tertiary/aromatic N) is 1. The van der Waals surface area contributed by atoms with Gasteiger partial charge in [0.25, 0.3) is 5.91 Å². The highest BCUT2D eigenvalue weighted by molar-refractivity contribution is 5.93. The summed E-state index contributed by atoms with van der Waals surface area (Å²) in [7, 11) is 0. The minimum atomic E-state index is -1.19. The number of hydrogen-bond donors (Lipinski definition) is 2. The maximum atomic E-state index is 12.9. The summed E-state index contributed by atoms with van der Waals surface area (Å²) >= 11 is 0. The van der Waals surface area contributed by atoms with Crippen LogP contribution in [0.15, 0.2) is 24.3 Å². The molecule has 1 aliphatic heterocycles. The number of likely N-dealkylation sites (tertiary alicyclic amines) is 1. The molecule has 6 heteroatoms. The van der Waals surface area contributed by atoms with Gasteiger partial charge >= 0.3 is 0 Å². The molecule has 2 aliphatic rings. The quantitative estimate of drug-likeness (QED) is 0.891. The Hall–Kier alpha value is -1.95. The van der Waals surface area contributed by atoms with Gasteiger partial charge in [-0.05, 0) is 62.8 Å². The van der Waals surface area contributed by atoms with E-state index >= 15 is 0 Å². The summed E-state index contributed by atoms with van der Waals surface area (Å²) in [6, 6.07) is 5.67. The molecule has 1 aromatic rings. The Labute approximate surface area is 140 Å². The van der Waals surface area contributed by atoms with Crippen molar-refractivity contribution in [2.75, 3.05) is 18.4 Å². The summed E-state index contributed by atoms with van der Waals surface area (Å²) in [5.74, 6) is -0.798. The van der Waals surface area contributed by atoms with Crippen molar-refractivity contribution in [3.8, 4) is 0 Å². The molecule has 130 valence electrons. The van der Waals surface area contributed by atoms with Crippen LogP contribution in [0.3, 0.4) is 0 Å². The molecule has 1 aromatic carbocycles. The van der Waals surface area contributed by atoms with Gasteiger partial charge in [-0.25, -0.2) is 4.39 Å². The van der Waals surface area contributed by atoms with Crippen molar-refractivity contribution in [2.24, 2.45) is 5.92 Å². The highest BCUT2D eigenvalue weighted by Crippen LogP contribution is 2.32. The van der Waals surface area contributed by atoms with E-state index < -0.39 is 5.60 Å². The average Bonchev–Trinajstić information content (AvgIpc) is 3.04. The molecule has 2 N–H and O–H groups in total. The van der Waals surface area contributed by atoms with Gasteiger partial charge in [-0.3, -0.25) is 9.59 Å². The molecule has 5 nitrogen and oxygen atoms in total. The van der Waals surface area contributed by atoms with E-state index in [0.29, 0.717) is 44.5 Å². The zero-order valence-electron chi connectivity index (χ0n) is 13.6. The molecule has 1 aliphatic carbocycles. The molecule has 0 bridgehead atoms. The van der Waals surface area contributed by atoms with Crippen LogP contribution in [0.25, 0.3) is 0 Å². The SMILES string of the molecule is O=C(Nc1ccc(F)cc1)C1CCN(C(=O)C2(O)CCCC2)CC1. The van der Waals surface area contributed by atoms with Crippen molar-refractivity contribution in [1.82, 2.24) is 4.90 Å². The number of carbonyl (C=O) groups is 2. The lowest BCUT2D eigenvalue weighted by atomic mass is 9.93. The number of aliphatic hydroxyl groups is 1. The van der Waals surface area contributed by atoms with Crippen LogP contribution in [0.2, 0.25) is 0 Å². The molecule has 1 saturated heterocycles. The number of amides is 2. The largest absolute Gasteiger partial charge is 0.380 e. The molecule has 0 unspecified atom stereocenters. The smallest absolute Gasteiger partial charge is 0.254 e. The summed E-state index contributed by atoms with van der Waals surface area (Å²) in [4.78, 5) is 26.4. The molecule has 24 heavy (non-hydrogen) atoms. The van der Waals surface area contributed by atoms with Gasteiger partial charge in [-0.1, -0.05) is 0 Å². The minimum Gasteiger partial charge on any atom is -0.380 e. The van der Waals surface area contributed by atoms with E-state index in [1.54, 1.807) is 4.90 Å². The van der Waals surface area contributed by atoms with Crippen LogP contribution in [0.4, 0.5) is 10.1 Å². The van der Waals surface area contributed by atoms with Crippen LogP contribution in [-0.4, -0.2) is 40.5 Å². The number of hydrogen-bond acceptors (Lipinski definition) is 3. The molecule has 2 amide bonds. The number of carbonyl (C=O) groups excluding carboxylic acids is 2. The first-order chi connectivity index (χ1) is 11.5. The lowest BCUT2D eigenvalue weighted by Gasteiger charge is -2.35. The third-order valence-corrected chi connectivity index (χ3v) is 5.09. The molecule has 0 spiro atoms. The Morgan fingerprint density at radius 1 is 1.12 bits per heavy atom. The van der Waals surface area contributed by atoms with Gasteiger partial charge in [0.05, 0.1) is 0 Å². The van der Waals surface area contributed by atoms with E-state index in [0.717, 1.165) is 12.8 Å². The van der Waals surface area contributed by atoms with E-state index in [4.69, 9.17) is 0 Å². The van der Waals surface area contributed by atoms with Gasteiger partial charge < -0.3 is 15.3 Å². The standard InChI is InChI=1S/C18H23FN2O3/c19-14-3-5-15(6-4-14)20-16(22)13-7-11-21(12-8-13)17(23)18(24)9-1-2-10-18/h3-6,13,24H,1-2,7-12H2,(H,20,22). The third kappa shape index (κ3) is 3.59. The van der Waals surface area contributed by atoms with Gasteiger partial charge in [0.1, 0.15) is 11.4 Å². The van der Waals surface area contributed by atoms with Crippen molar-refractivity contribution in [3.05, 3.63) is 30.1 Å². The Morgan fingerprint density at radius 3 is 2.29 bits per heavy atom. The second kappa shape index (κ2) is 6.89. The van der Waals surface area contributed by atoms with Crippen molar-refractivity contribution in [3.63, 3.8) is 0 Å². The maximum Gasteiger partial charge on any atom is 0.254 e. The zero-order chi connectivity index (χ0) is 17.2. The molecule has 0 radical (unpaired) electrons. The van der Waals surface area contributed by atoms with Crippen molar-refractivity contribution in [1.29, 1.82) is 0 Å². The van der Waals surface area contributed by atoms with Crippen LogP contribution in [0.5, 0.6) is 0 Å². The predicted molar refractivity (Wildman–Crippen MR) is 87.8 cm³/mol. The Balaban J connectivity index is 1.52. The van der Waals surface area contributed by atoms with E-state index in [-0.39, 0.29) is 23.5 Å². The minimum absolute atomic E-state index is 0.103. The first-order valence-electron chi connectivity index (χ1n) is 8.56. The summed E-state index contributed by atoms with van der Waals surface area (Å²) in [6.45, 7) is 0.977. The van der Waals surface area contributed by atoms with Gasteiger partial charge in [0, 0.05) is 24.7 Å². The van der Waals surface area contributed by atoms with E-state index in [2.05, 4.69) is 5.32 Å². The van der Waals surface area contributed by atoms with Crippen molar-refractivity contribution in [2.45, 2.75) is 44.1 Å². The summed E-state index contributed by atoms with van der Waals surface area (Å²) in [5, 5.41) is 13.2. The lowest BCUT2D eigenvalue weighted by molar-refractivity contribution is -0.152.